The highest BCUT2D eigenvalue weighted by atomic mass is 35.5. The number of halogens is 2. The van der Waals surface area contributed by atoms with Crippen molar-refractivity contribution in [2.24, 2.45) is 0 Å². The second kappa shape index (κ2) is 11.9. The van der Waals surface area contributed by atoms with Crippen LogP contribution in [0.2, 0.25) is 10.0 Å². The Morgan fingerprint density at radius 3 is 0.976 bits per heavy atom. The molecule has 4 nitrogen and oxygen atoms in total. The van der Waals surface area contributed by atoms with Gasteiger partial charge in [0.1, 0.15) is 0 Å². The van der Waals surface area contributed by atoms with Crippen molar-refractivity contribution in [3.05, 3.63) is 113 Å². The lowest BCUT2D eigenvalue weighted by Gasteiger charge is -2.19. The third kappa shape index (κ3) is 5.58. The van der Waals surface area contributed by atoms with E-state index in [4.69, 9.17) is 23.2 Å². The Kier molecular flexibility index (Phi) is 8.92. The first-order valence-electron chi connectivity index (χ1n) is 14.0. The number of anilines is 2. The largest absolute Gasteiger partial charge is 0.321 e. The van der Waals surface area contributed by atoms with Crippen molar-refractivity contribution in [2.45, 2.75) is 69.2 Å². The maximum Gasteiger partial charge on any atom is 0.256 e. The van der Waals surface area contributed by atoms with Gasteiger partial charge in [0.2, 0.25) is 0 Å². The van der Waals surface area contributed by atoms with Gasteiger partial charge in [-0.2, -0.15) is 0 Å². The molecule has 0 saturated heterocycles. The molecule has 2 amide bonds. The molecule has 0 aliphatic carbocycles. The van der Waals surface area contributed by atoms with Crippen LogP contribution in [0.3, 0.4) is 0 Å². The zero-order chi connectivity index (χ0) is 31.2. The number of hydrogen-bond acceptors (Lipinski definition) is 2. The summed E-state index contributed by atoms with van der Waals surface area (Å²) in [5.74, 6) is -0.364. The predicted molar refractivity (Wildman–Crippen MR) is 178 cm³/mol. The zero-order valence-corrected chi connectivity index (χ0v) is 27.5. The molecule has 0 aliphatic heterocycles. The Balaban J connectivity index is 1.57. The number of rotatable bonds is 5. The third-order valence-electron chi connectivity index (χ3n) is 9.22. The van der Waals surface area contributed by atoms with Crippen LogP contribution < -0.4 is 10.6 Å². The summed E-state index contributed by atoms with van der Waals surface area (Å²) in [7, 11) is 0. The van der Waals surface area contributed by atoms with Crippen LogP contribution in [0.25, 0.3) is 11.1 Å². The molecular formula is C36H38Cl2N2O2. The average Bonchev–Trinajstić information content (AvgIpc) is 2.95. The van der Waals surface area contributed by atoms with E-state index in [0.29, 0.717) is 32.5 Å². The number of amides is 2. The molecule has 0 heterocycles. The van der Waals surface area contributed by atoms with Gasteiger partial charge < -0.3 is 10.6 Å². The van der Waals surface area contributed by atoms with E-state index in [1.165, 1.54) is 11.1 Å². The summed E-state index contributed by atoms with van der Waals surface area (Å²) in [6.45, 7) is 20.3. The normalized spacial score (nSPS) is 11.0. The Bertz CT molecular complexity index is 1600. The van der Waals surface area contributed by atoms with Crippen molar-refractivity contribution in [3.8, 4) is 11.1 Å². The van der Waals surface area contributed by atoms with Crippen LogP contribution in [-0.2, 0) is 0 Å². The molecule has 6 heteroatoms. The molecule has 0 unspecified atom stereocenters. The van der Waals surface area contributed by atoms with Gasteiger partial charge in [0.05, 0.1) is 21.4 Å². The van der Waals surface area contributed by atoms with E-state index in [2.05, 4.69) is 24.5 Å². The first-order chi connectivity index (χ1) is 19.6. The summed E-state index contributed by atoms with van der Waals surface area (Å²) in [6, 6.07) is 11.0. The van der Waals surface area contributed by atoms with E-state index < -0.39 is 0 Å². The standard InChI is InChI=1S/C36H38Cl2N2O2/c1-17-19(3)23(7)33(24(8)20(17)4)35(41)39-31-13-11-27(15-29(31)37)28-12-14-32(30(38)16-28)40-36(42)34-25(9)21(5)18(2)22(6)26(34)10/h11-16H,1-10H3,(H,39,41)(H,40,42). The van der Waals surface area contributed by atoms with Gasteiger partial charge in [-0.25, -0.2) is 0 Å². The van der Waals surface area contributed by atoms with E-state index in [0.717, 1.165) is 55.6 Å². The van der Waals surface area contributed by atoms with Crippen LogP contribution in [0, 0.1) is 69.2 Å². The van der Waals surface area contributed by atoms with Crippen LogP contribution in [0.1, 0.15) is 76.4 Å². The van der Waals surface area contributed by atoms with Gasteiger partial charge in [-0.3, -0.25) is 9.59 Å². The predicted octanol–water partition coefficient (Wildman–Crippen LogP) is 10.2. The van der Waals surface area contributed by atoms with Crippen molar-refractivity contribution in [3.63, 3.8) is 0 Å². The van der Waals surface area contributed by atoms with Crippen molar-refractivity contribution < 1.29 is 9.59 Å². The Morgan fingerprint density at radius 1 is 0.452 bits per heavy atom. The molecule has 4 rings (SSSR count). The summed E-state index contributed by atoms with van der Waals surface area (Å²) in [5, 5.41) is 6.82. The molecule has 2 N–H and O–H groups in total. The smallest absolute Gasteiger partial charge is 0.256 e. The molecular weight excluding hydrogens is 563 g/mol. The Labute approximate surface area is 259 Å². The molecule has 0 radical (unpaired) electrons. The second-order valence-corrected chi connectivity index (χ2v) is 12.1. The Hall–Kier alpha value is -3.60. The van der Waals surface area contributed by atoms with Gasteiger partial charge >= 0.3 is 0 Å². The van der Waals surface area contributed by atoms with E-state index in [-0.39, 0.29) is 11.8 Å². The van der Waals surface area contributed by atoms with Crippen LogP contribution in [0.15, 0.2) is 36.4 Å². The lowest BCUT2D eigenvalue weighted by molar-refractivity contribution is 0.101. The number of carbonyl (C=O) groups excluding carboxylic acids is 2. The van der Waals surface area contributed by atoms with Gasteiger partial charge in [-0.05, 0) is 160 Å². The second-order valence-electron chi connectivity index (χ2n) is 11.3. The number of nitrogens with one attached hydrogen (secondary N) is 2. The summed E-state index contributed by atoms with van der Waals surface area (Å²) in [4.78, 5) is 26.7. The molecule has 0 atom stereocenters. The summed E-state index contributed by atoms with van der Waals surface area (Å²) in [6.07, 6.45) is 0. The minimum Gasteiger partial charge on any atom is -0.321 e. The fourth-order valence-corrected chi connectivity index (χ4v) is 6.10. The molecule has 0 aliphatic rings. The van der Waals surface area contributed by atoms with Gasteiger partial charge in [-0.1, -0.05) is 35.3 Å². The lowest BCUT2D eigenvalue weighted by Crippen LogP contribution is -2.17. The van der Waals surface area contributed by atoms with Gasteiger partial charge in [-0.15, -0.1) is 0 Å². The molecule has 218 valence electrons. The lowest BCUT2D eigenvalue weighted by atomic mass is 9.89. The van der Waals surface area contributed by atoms with Gasteiger partial charge in [0, 0.05) is 11.1 Å². The molecule has 0 saturated carbocycles. The first-order valence-corrected chi connectivity index (χ1v) is 14.8. The van der Waals surface area contributed by atoms with E-state index in [1.807, 2.05) is 67.5 Å². The van der Waals surface area contributed by atoms with Gasteiger partial charge in [0.25, 0.3) is 11.8 Å². The highest BCUT2D eigenvalue weighted by Gasteiger charge is 2.21. The van der Waals surface area contributed by atoms with Crippen LogP contribution in [0.4, 0.5) is 11.4 Å². The monoisotopic (exact) mass is 600 g/mol. The minimum atomic E-state index is -0.182. The molecule has 0 fully saturated rings. The van der Waals surface area contributed by atoms with Crippen molar-refractivity contribution in [1.29, 1.82) is 0 Å². The fraction of sp³-hybridized carbons (Fsp3) is 0.278. The number of carbonyl (C=O) groups is 2. The maximum absolute atomic E-state index is 13.3. The number of benzene rings is 4. The van der Waals surface area contributed by atoms with E-state index >= 15 is 0 Å². The summed E-state index contributed by atoms with van der Waals surface area (Å²) < 4.78 is 0. The van der Waals surface area contributed by atoms with Crippen molar-refractivity contribution >= 4 is 46.4 Å². The highest BCUT2D eigenvalue weighted by molar-refractivity contribution is 6.35. The molecule has 4 aromatic rings. The average molecular weight is 602 g/mol. The Morgan fingerprint density at radius 2 is 0.714 bits per heavy atom. The summed E-state index contributed by atoms with van der Waals surface area (Å²) >= 11 is 13.3. The quantitative estimate of drug-likeness (QED) is 0.239. The van der Waals surface area contributed by atoms with Crippen molar-refractivity contribution in [2.75, 3.05) is 10.6 Å². The molecule has 0 spiro atoms. The molecule has 42 heavy (non-hydrogen) atoms. The molecule has 0 bridgehead atoms. The molecule has 0 aromatic heterocycles. The van der Waals surface area contributed by atoms with Crippen molar-refractivity contribution in [1.82, 2.24) is 0 Å². The highest BCUT2D eigenvalue weighted by Crippen LogP contribution is 2.35. The van der Waals surface area contributed by atoms with Gasteiger partial charge in [0.15, 0.2) is 0 Å². The molecule has 4 aromatic carbocycles. The topological polar surface area (TPSA) is 58.2 Å². The minimum absolute atomic E-state index is 0.182. The fourth-order valence-electron chi connectivity index (χ4n) is 5.64. The van der Waals surface area contributed by atoms with E-state index in [9.17, 15) is 9.59 Å². The summed E-state index contributed by atoms with van der Waals surface area (Å²) in [5.41, 5.74) is 14.9. The number of hydrogen-bond donors (Lipinski definition) is 2. The third-order valence-corrected chi connectivity index (χ3v) is 9.85. The van der Waals surface area contributed by atoms with E-state index in [1.54, 1.807) is 24.3 Å². The van der Waals surface area contributed by atoms with Crippen LogP contribution in [0.5, 0.6) is 0 Å². The van der Waals surface area contributed by atoms with Crippen LogP contribution in [-0.4, -0.2) is 11.8 Å². The van der Waals surface area contributed by atoms with Crippen LogP contribution >= 0.6 is 23.2 Å². The maximum atomic E-state index is 13.3. The SMILES string of the molecule is Cc1c(C)c(C)c(C(=O)Nc2ccc(-c3ccc(NC(=O)c4c(C)c(C)c(C)c(C)c4C)c(Cl)c3)cc2Cl)c(C)c1C. The first kappa shape index (κ1) is 31.3. The zero-order valence-electron chi connectivity index (χ0n) is 26.0.